The highest BCUT2D eigenvalue weighted by Gasteiger charge is 2.44. The molecule has 3 aromatic rings. The average Bonchev–Trinajstić information content (AvgIpc) is 3.06. The molecular formula is C40H57BrO2P+. The van der Waals surface area contributed by atoms with Crippen molar-refractivity contribution in [2.24, 2.45) is 0 Å². The third kappa shape index (κ3) is 11.5. The molecule has 0 amide bonds. The molecule has 0 bridgehead atoms. The molecule has 1 heterocycles. The second-order valence-corrected chi connectivity index (χ2v) is 16.0. The van der Waals surface area contributed by atoms with Gasteiger partial charge in [0.05, 0.1) is 12.3 Å². The Morgan fingerprint density at radius 2 is 1.27 bits per heavy atom. The molecule has 2 atom stereocenters. The minimum atomic E-state index is -1.79. The van der Waals surface area contributed by atoms with Crippen LogP contribution in [0.5, 0.6) is 0 Å². The number of halogens is 1. The number of hydrogen-bond acceptors (Lipinski definition) is 2. The second-order valence-electron chi connectivity index (χ2n) is 12.4. The highest BCUT2D eigenvalue weighted by atomic mass is 79.9. The maximum absolute atomic E-state index is 6.59. The van der Waals surface area contributed by atoms with E-state index >= 15 is 0 Å². The van der Waals surface area contributed by atoms with E-state index in [1.165, 1.54) is 79.3 Å². The van der Waals surface area contributed by atoms with Gasteiger partial charge in [0.25, 0.3) is 0 Å². The van der Waals surface area contributed by atoms with Gasteiger partial charge in [0.1, 0.15) is 23.2 Å². The Bertz CT molecular complexity index is 1070. The first-order valence-corrected chi connectivity index (χ1v) is 19.2. The summed E-state index contributed by atoms with van der Waals surface area (Å²) in [5.41, 5.74) is 1.45. The highest BCUT2D eigenvalue weighted by Crippen LogP contribution is 2.56. The fourth-order valence-electron chi connectivity index (χ4n) is 6.56. The predicted molar refractivity (Wildman–Crippen MR) is 199 cm³/mol. The fraction of sp³-hybridized carbons (Fsp3) is 0.500. The fourth-order valence-corrected chi connectivity index (χ4v) is 10.9. The summed E-state index contributed by atoms with van der Waals surface area (Å²) in [5.74, 6) is 0. The molecule has 0 saturated carbocycles. The van der Waals surface area contributed by atoms with Gasteiger partial charge in [0, 0.05) is 6.61 Å². The molecule has 0 spiro atoms. The molecule has 3 aromatic carbocycles. The first-order valence-electron chi connectivity index (χ1n) is 17.2. The van der Waals surface area contributed by atoms with Crippen LogP contribution in [0, 0.1) is 0 Å². The minimum Gasteiger partial charge on any atom is -0.353 e. The van der Waals surface area contributed by atoms with Gasteiger partial charge in [0.15, 0.2) is 6.29 Å². The van der Waals surface area contributed by atoms with Crippen molar-refractivity contribution < 1.29 is 9.47 Å². The Morgan fingerprint density at radius 1 is 0.750 bits per heavy atom. The molecule has 1 saturated heterocycles. The minimum absolute atomic E-state index is 0. The number of ether oxygens (including phenoxy) is 2. The zero-order valence-electron chi connectivity index (χ0n) is 27.4. The third-order valence-electron chi connectivity index (χ3n) is 8.93. The summed E-state index contributed by atoms with van der Waals surface area (Å²) in [4.78, 5) is 0. The van der Waals surface area contributed by atoms with Crippen molar-refractivity contribution in [3.05, 3.63) is 103 Å². The van der Waals surface area contributed by atoms with Crippen molar-refractivity contribution in [2.75, 3.05) is 12.8 Å². The van der Waals surface area contributed by atoms with Gasteiger partial charge < -0.3 is 9.47 Å². The SMILES string of the molecule is Br.CCCCCCCCCCC(/C=C(\C)CCC[P+](c1ccccc1)(c1ccccc1)c1ccccc1)OC1CCCCO1. The molecule has 2 nitrogen and oxygen atoms in total. The maximum Gasteiger partial charge on any atom is 0.158 e. The van der Waals surface area contributed by atoms with Crippen LogP contribution in [0.2, 0.25) is 0 Å². The van der Waals surface area contributed by atoms with E-state index in [0.29, 0.717) is 0 Å². The van der Waals surface area contributed by atoms with Crippen molar-refractivity contribution >= 4 is 40.2 Å². The summed E-state index contributed by atoms with van der Waals surface area (Å²) in [7, 11) is -1.79. The summed E-state index contributed by atoms with van der Waals surface area (Å²) in [6.07, 6.45) is 21.2. The van der Waals surface area contributed by atoms with Crippen LogP contribution in [-0.4, -0.2) is 25.2 Å². The number of benzene rings is 3. The molecule has 44 heavy (non-hydrogen) atoms. The lowest BCUT2D eigenvalue weighted by molar-refractivity contribution is -0.179. The molecule has 4 heteroatoms. The maximum atomic E-state index is 6.59. The van der Waals surface area contributed by atoms with E-state index < -0.39 is 7.26 Å². The zero-order chi connectivity index (χ0) is 30.0. The van der Waals surface area contributed by atoms with Gasteiger partial charge in [-0.1, -0.05) is 125 Å². The Labute approximate surface area is 280 Å². The molecule has 0 radical (unpaired) electrons. The molecule has 1 fully saturated rings. The summed E-state index contributed by atoms with van der Waals surface area (Å²) in [6, 6.07) is 33.8. The van der Waals surface area contributed by atoms with Gasteiger partial charge in [-0.25, -0.2) is 0 Å². The standard InChI is InChI=1S/C40H56O2P.BrH/c1-3-4-5-6-7-8-9-13-24-36(42-40-31-20-21-32-41-40)34-35(2)23-22-33-43(37-25-14-10-15-26-37,38-27-16-11-17-28-38)39-29-18-12-19-30-39;/h10-12,14-19,25-30,34,36,40H,3-9,13,20-24,31-33H2,1-2H3;1H/q+1;/b35-34+;. The largest absolute Gasteiger partial charge is 0.353 e. The van der Waals surface area contributed by atoms with Crippen molar-refractivity contribution in [1.29, 1.82) is 0 Å². The summed E-state index contributed by atoms with van der Waals surface area (Å²) >= 11 is 0. The molecule has 2 unspecified atom stereocenters. The summed E-state index contributed by atoms with van der Waals surface area (Å²) in [6.45, 7) is 5.45. The van der Waals surface area contributed by atoms with Gasteiger partial charge in [-0.15, -0.1) is 17.0 Å². The number of unbranched alkanes of at least 4 members (excludes halogenated alkanes) is 7. The number of rotatable bonds is 19. The van der Waals surface area contributed by atoms with E-state index in [0.717, 1.165) is 44.9 Å². The van der Waals surface area contributed by atoms with Crippen LogP contribution in [0.25, 0.3) is 0 Å². The second kappa shape index (κ2) is 21.1. The van der Waals surface area contributed by atoms with E-state index in [4.69, 9.17) is 9.47 Å². The van der Waals surface area contributed by atoms with Crippen LogP contribution in [0.3, 0.4) is 0 Å². The van der Waals surface area contributed by atoms with Gasteiger partial charge in [-0.2, -0.15) is 0 Å². The monoisotopic (exact) mass is 679 g/mol. The quantitative estimate of drug-likeness (QED) is 0.0713. The van der Waals surface area contributed by atoms with Crippen molar-refractivity contribution in [3.8, 4) is 0 Å². The molecule has 0 aliphatic carbocycles. The predicted octanol–water partition coefficient (Wildman–Crippen LogP) is 10.7. The zero-order valence-corrected chi connectivity index (χ0v) is 30.0. The normalized spacial score (nSPS) is 16.3. The lowest BCUT2D eigenvalue weighted by atomic mass is 10.0. The van der Waals surface area contributed by atoms with E-state index in [9.17, 15) is 0 Å². The van der Waals surface area contributed by atoms with Crippen molar-refractivity contribution in [1.82, 2.24) is 0 Å². The van der Waals surface area contributed by atoms with Crippen LogP contribution in [0.1, 0.15) is 104 Å². The van der Waals surface area contributed by atoms with Gasteiger partial charge in [-0.3, -0.25) is 0 Å². The molecular weight excluding hydrogens is 623 g/mol. The van der Waals surface area contributed by atoms with Crippen LogP contribution in [-0.2, 0) is 9.47 Å². The Balaban J connectivity index is 0.00000529. The van der Waals surface area contributed by atoms with E-state index in [2.05, 4.69) is 111 Å². The molecule has 1 aliphatic rings. The highest BCUT2D eigenvalue weighted by molar-refractivity contribution is 8.93. The molecule has 0 aromatic heterocycles. The molecule has 1 aliphatic heterocycles. The van der Waals surface area contributed by atoms with Gasteiger partial charge in [-0.05, 0) is 81.8 Å². The third-order valence-corrected chi connectivity index (χ3v) is 13.5. The van der Waals surface area contributed by atoms with Crippen LogP contribution < -0.4 is 15.9 Å². The average molecular weight is 681 g/mol. The molecule has 4 rings (SSSR count). The van der Waals surface area contributed by atoms with Crippen LogP contribution >= 0.6 is 24.2 Å². The van der Waals surface area contributed by atoms with E-state index in [1.54, 1.807) is 0 Å². The first-order chi connectivity index (χ1) is 21.2. The van der Waals surface area contributed by atoms with Crippen molar-refractivity contribution in [3.63, 3.8) is 0 Å². The number of hydrogen-bond donors (Lipinski definition) is 0. The van der Waals surface area contributed by atoms with E-state index in [1.807, 2.05) is 0 Å². The van der Waals surface area contributed by atoms with Crippen molar-refractivity contribution in [2.45, 2.75) is 116 Å². The van der Waals surface area contributed by atoms with Gasteiger partial charge in [0.2, 0.25) is 0 Å². The molecule has 0 N–H and O–H groups in total. The Hall–Kier alpha value is -1.77. The molecule has 240 valence electrons. The Morgan fingerprint density at radius 3 is 1.77 bits per heavy atom. The van der Waals surface area contributed by atoms with E-state index in [-0.39, 0.29) is 29.4 Å². The summed E-state index contributed by atoms with van der Waals surface area (Å²) < 4.78 is 12.6. The van der Waals surface area contributed by atoms with Gasteiger partial charge >= 0.3 is 0 Å². The lowest BCUT2D eigenvalue weighted by Gasteiger charge is -2.28. The van der Waals surface area contributed by atoms with Crippen LogP contribution in [0.4, 0.5) is 0 Å². The number of allylic oxidation sites excluding steroid dienone is 1. The topological polar surface area (TPSA) is 18.5 Å². The lowest BCUT2D eigenvalue weighted by Crippen LogP contribution is -2.33. The Kier molecular flexibility index (Phi) is 17.6. The summed E-state index contributed by atoms with van der Waals surface area (Å²) in [5, 5.41) is 4.41. The smallest absolute Gasteiger partial charge is 0.158 e. The first kappa shape index (κ1) is 36.7. The van der Waals surface area contributed by atoms with Crippen LogP contribution in [0.15, 0.2) is 103 Å².